The molecule has 11 heteroatoms. The van der Waals surface area contributed by atoms with E-state index in [0.29, 0.717) is 67.8 Å². The molecule has 0 saturated heterocycles. The van der Waals surface area contributed by atoms with E-state index < -0.39 is 12.0 Å². The van der Waals surface area contributed by atoms with E-state index in [1.165, 1.54) is 35.1 Å². The fourth-order valence-corrected chi connectivity index (χ4v) is 6.17. The number of aromatic carboxylic acids is 1. The highest BCUT2D eigenvalue weighted by Crippen LogP contribution is 2.38. The molecule has 1 amide bonds. The second kappa shape index (κ2) is 12.1. The molecule has 4 aromatic rings. The number of benzene rings is 2. The molecule has 0 saturated carbocycles. The summed E-state index contributed by atoms with van der Waals surface area (Å²) in [5.74, 6) is 0.674. The molecule has 0 aliphatic carbocycles. The first-order chi connectivity index (χ1) is 20.7. The summed E-state index contributed by atoms with van der Waals surface area (Å²) in [4.78, 5) is 46.2. The van der Waals surface area contributed by atoms with Crippen molar-refractivity contribution in [2.75, 3.05) is 27.3 Å². The molecule has 43 heavy (non-hydrogen) atoms. The fraction of sp³-hybridized carbons (Fsp3) is 0.250. The van der Waals surface area contributed by atoms with Gasteiger partial charge in [-0.25, -0.2) is 9.79 Å². The van der Waals surface area contributed by atoms with Gasteiger partial charge in [0.2, 0.25) is 0 Å². The molecule has 1 aliphatic rings. The summed E-state index contributed by atoms with van der Waals surface area (Å²) in [7, 11) is 3.09. The number of hydrogen-bond acceptors (Lipinski definition) is 8. The van der Waals surface area contributed by atoms with Gasteiger partial charge >= 0.3 is 5.97 Å². The highest BCUT2D eigenvalue weighted by molar-refractivity contribution is 7.07. The summed E-state index contributed by atoms with van der Waals surface area (Å²) in [6, 6.07) is 14.3. The molecular formula is C32H31N3O7S. The van der Waals surface area contributed by atoms with Gasteiger partial charge < -0.3 is 23.9 Å². The lowest BCUT2D eigenvalue weighted by molar-refractivity contribution is -0.127. The molecule has 0 fully saturated rings. The van der Waals surface area contributed by atoms with Crippen molar-refractivity contribution in [2.24, 2.45) is 4.99 Å². The molecule has 1 atom stereocenters. The number of aromatic nitrogens is 1. The molecule has 2 aromatic heterocycles. The summed E-state index contributed by atoms with van der Waals surface area (Å²) in [6.45, 7) is 6.58. The van der Waals surface area contributed by atoms with Crippen LogP contribution in [-0.4, -0.2) is 53.8 Å². The number of ether oxygens (including phenoxy) is 2. The highest BCUT2D eigenvalue weighted by Gasteiger charge is 2.36. The Morgan fingerprint density at radius 1 is 1.09 bits per heavy atom. The summed E-state index contributed by atoms with van der Waals surface area (Å²) >= 11 is 1.19. The van der Waals surface area contributed by atoms with Crippen LogP contribution < -0.4 is 24.4 Å². The molecule has 0 spiro atoms. The Bertz CT molecular complexity index is 1930. The number of likely N-dealkylation sites (N-methyl/N-ethyl adjacent to an activating group) is 1. The SMILES string of the molecule is CCN(CC)C(=O)C1=C(C)N=c2s/c(=C/c3ccc(-c4cccc(C(=O)O)c4)o3)c(=O)n2[C@H]1c1cc(OC)ccc1OC. The van der Waals surface area contributed by atoms with E-state index in [4.69, 9.17) is 18.9 Å². The molecular weight excluding hydrogens is 570 g/mol. The molecule has 10 nitrogen and oxygen atoms in total. The van der Waals surface area contributed by atoms with Crippen LogP contribution in [-0.2, 0) is 4.79 Å². The van der Waals surface area contributed by atoms with Gasteiger partial charge in [0.15, 0.2) is 4.80 Å². The van der Waals surface area contributed by atoms with Crippen LogP contribution in [0, 0.1) is 0 Å². The number of carbonyl (C=O) groups is 2. The second-order valence-corrected chi connectivity index (χ2v) is 10.8. The fourth-order valence-electron chi connectivity index (χ4n) is 5.14. The van der Waals surface area contributed by atoms with Crippen molar-refractivity contribution < 1.29 is 28.6 Å². The minimum atomic E-state index is -1.04. The van der Waals surface area contributed by atoms with Crippen LogP contribution in [0.3, 0.4) is 0 Å². The molecule has 3 heterocycles. The number of carbonyl (C=O) groups excluding carboxylic acids is 1. The second-order valence-electron chi connectivity index (χ2n) is 9.76. The van der Waals surface area contributed by atoms with Crippen LogP contribution in [0.5, 0.6) is 11.5 Å². The molecule has 0 radical (unpaired) electrons. The summed E-state index contributed by atoms with van der Waals surface area (Å²) in [5.41, 5.74) is 1.88. The molecule has 0 bridgehead atoms. The third kappa shape index (κ3) is 5.51. The quantitative estimate of drug-likeness (QED) is 0.307. The van der Waals surface area contributed by atoms with Gasteiger partial charge in [0.1, 0.15) is 29.1 Å². The van der Waals surface area contributed by atoms with Gasteiger partial charge in [-0.3, -0.25) is 14.2 Å². The first kappa shape index (κ1) is 29.6. The number of thiazole rings is 1. The minimum absolute atomic E-state index is 0.141. The lowest BCUT2D eigenvalue weighted by atomic mass is 9.93. The van der Waals surface area contributed by atoms with Gasteiger partial charge in [0.25, 0.3) is 11.5 Å². The van der Waals surface area contributed by atoms with E-state index >= 15 is 0 Å². The van der Waals surface area contributed by atoms with Crippen molar-refractivity contribution in [3.63, 3.8) is 0 Å². The van der Waals surface area contributed by atoms with E-state index in [2.05, 4.69) is 0 Å². The number of amides is 1. The van der Waals surface area contributed by atoms with Crippen LogP contribution in [0.4, 0.5) is 0 Å². The maximum Gasteiger partial charge on any atom is 0.335 e. The standard InChI is InChI=1S/C32H31N3O7S/c1-6-34(7-2)30(37)27-18(3)33-32-35(28(27)23-16-21(40-4)11-14-25(23)41-5)29(36)26(43-32)17-22-12-13-24(42-22)19-9-8-10-20(15-19)31(38)39/h8-17,28H,6-7H2,1-5H3,(H,38,39)/b26-17+/t28-/m0/s1. The van der Waals surface area contributed by atoms with Gasteiger partial charge in [-0.1, -0.05) is 23.5 Å². The number of carboxylic acid groups (broad SMARTS) is 1. The number of carboxylic acids is 1. The van der Waals surface area contributed by atoms with Crippen LogP contribution in [0.1, 0.15) is 48.5 Å². The number of fused-ring (bicyclic) bond motifs is 1. The van der Waals surface area contributed by atoms with Gasteiger partial charge in [-0.2, -0.15) is 0 Å². The maximum atomic E-state index is 14.1. The van der Waals surface area contributed by atoms with E-state index in [1.807, 2.05) is 13.8 Å². The smallest absolute Gasteiger partial charge is 0.335 e. The van der Waals surface area contributed by atoms with Crippen molar-refractivity contribution in [3.8, 4) is 22.8 Å². The first-order valence-electron chi connectivity index (χ1n) is 13.7. The largest absolute Gasteiger partial charge is 0.497 e. The number of allylic oxidation sites excluding steroid dienone is 1. The van der Waals surface area contributed by atoms with Gasteiger partial charge in [-0.15, -0.1) is 0 Å². The third-order valence-electron chi connectivity index (χ3n) is 7.33. The number of methoxy groups -OCH3 is 2. The zero-order valence-electron chi connectivity index (χ0n) is 24.4. The van der Waals surface area contributed by atoms with Crippen LogP contribution >= 0.6 is 11.3 Å². The first-order valence-corrected chi connectivity index (χ1v) is 14.5. The van der Waals surface area contributed by atoms with E-state index in [-0.39, 0.29) is 17.0 Å². The predicted molar refractivity (Wildman–Crippen MR) is 162 cm³/mol. The topological polar surface area (TPSA) is 124 Å². The Morgan fingerprint density at radius 2 is 1.86 bits per heavy atom. The predicted octanol–water partition coefficient (Wildman–Crippen LogP) is 4.08. The Kier molecular flexibility index (Phi) is 8.36. The van der Waals surface area contributed by atoms with E-state index in [1.54, 1.807) is 67.5 Å². The molecule has 1 aliphatic heterocycles. The average molecular weight is 602 g/mol. The van der Waals surface area contributed by atoms with Crippen molar-refractivity contribution in [1.29, 1.82) is 0 Å². The van der Waals surface area contributed by atoms with Crippen LogP contribution in [0.2, 0.25) is 0 Å². The maximum absolute atomic E-state index is 14.1. The molecule has 5 rings (SSSR count). The van der Waals surface area contributed by atoms with Crippen LogP contribution in [0.25, 0.3) is 17.4 Å². The van der Waals surface area contributed by atoms with Gasteiger partial charge in [0, 0.05) is 30.3 Å². The molecule has 222 valence electrons. The van der Waals surface area contributed by atoms with Crippen molar-refractivity contribution in [3.05, 3.63) is 102 Å². The Labute approximate surface area is 251 Å². The van der Waals surface area contributed by atoms with E-state index in [0.717, 1.165) is 0 Å². The Balaban J connectivity index is 1.68. The summed E-state index contributed by atoms with van der Waals surface area (Å²) in [5, 5.41) is 9.34. The average Bonchev–Trinajstić information content (AvgIpc) is 3.60. The zero-order chi connectivity index (χ0) is 30.8. The van der Waals surface area contributed by atoms with Crippen LogP contribution in [0.15, 0.2) is 80.1 Å². The monoisotopic (exact) mass is 601 g/mol. The van der Waals surface area contributed by atoms with Gasteiger partial charge in [0.05, 0.1) is 35.6 Å². The van der Waals surface area contributed by atoms with E-state index in [9.17, 15) is 19.5 Å². The minimum Gasteiger partial charge on any atom is -0.497 e. The number of rotatable bonds is 9. The van der Waals surface area contributed by atoms with Crippen molar-refractivity contribution in [2.45, 2.75) is 26.8 Å². The van der Waals surface area contributed by atoms with Crippen molar-refractivity contribution >= 4 is 29.3 Å². The highest BCUT2D eigenvalue weighted by atomic mass is 32.1. The lowest BCUT2D eigenvalue weighted by Crippen LogP contribution is -2.43. The molecule has 1 N–H and O–H groups in total. The lowest BCUT2D eigenvalue weighted by Gasteiger charge is -2.30. The summed E-state index contributed by atoms with van der Waals surface area (Å²) < 4.78 is 19.1. The number of nitrogens with zero attached hydrogens (tertiary/aromatic N) is 3. The zero-order valence-corrected chi connectivity index (χ0v) is 25.2. The Hall–Kier alpha value is -4.90. The van der Waals surface area contributed by atoms with Gasteiger partial charge in [-0.05, 0) is 63.2 Å². The molecule has 0 unspecified atom stereocenters. The van der Waals surface area contributed by atoms with Crippen molar-refractivity contribution in [1.82, 2.24) is 9.47 Å². The number of hydrogen-bond donors (Lipinski definition) is 1. The summed E-state index contributed by atoms with van der Waals surface area (Å²) in [6.07, 6.45) is 1.62. The number of furan rings is 1. The Morgan fingerprint density at radius 3 is 2.53 bits per heavy atom. The molecule has 2 aromatic carbocycles. The normalized spacial score (nSPS) is 14.7. The third-order valence-corrected chi connectivity index (χ3v) is 8.31.